The molecule has 0 spiro atoms. The molecule has 1 aromatic carbocycles. The van der Waals surface area contributed by atoms with E-state index in [1.165, 1.54) is 45.6 Å². The van der Waals surface area contributed by atoms with Gasteiger partial charge in [0.2, 0.25) is 0 Å². The lowest BCUT2D eigenvalue weighted by Gasteiger charge is -2.44. The molecular weight excluding hydrogens is 372 g/mol. The summed E-state index contributed by atoms with van der Waals surface area (Å²) in [6.45, 7) is 7.28. The highest BCUT2D eigenvalue weighted by atomic mass is 28.4. The third-order valence-electron chi connectivity index (χ3n) is 3.85. The van der Waals surface area contributed by atoms with Gasteiger partial charge < -0.3 is 14.3 Å². The average molecular weight is 396 g/mol. The van der Waals surface area contributed by atoms with Gasteiger partial charge in [0.05, 0.1) is 7.11 Å². The Hall–Kier alpha value is -1.61. The summed E-state index contributed by atoms with van der Waals surface area (Å²) < 4.78 is 66.9. The molecule has 1 aromatic rings. The molecule has 1 rings (SSSR count). The van der Waals surface area contributed by atoms with Crippen molar-refractivity contribution < 1.29 is 36.6 Å². The van der Waals surface area contributed by atoms with Crippen molar-refractivity contribution in [2.75, 3.05) is 7.11 Å². The Morgan fingerprint density at radius 3 is 2.08 bits per heavy atom. The number of hydrogen-bond donors (Lipinski definition) is 1. The molecular formula is C17H24F4O4Si. The first-order chi connectivity index (χ1) is 11.7. The number of ether oxygens (including phenoxy) is 1. The number of methoxy groups -OCH3 is 1. The number of rotatable bonds is 7. The van der Waals surface area contributed by atoms with E-state index in [4.69, 9.17) is 9.16 Å². The summed E-state index contributed by atoms with van der Waals surface area (Å²) in [4.78, 5) is 12.0. The molecule has 0 fully saturated rings. The van der Waals surface area contributed by atoms with Crippen LogP contribution in [0.25, 0.3) is 0 Å². The van der Waals surface area contributed by atoms with Crippen molar-refractivity contribution in [1.29, 1.82) is 0 Å². The van der Waals surface area contributed by atoms with Gasteiger partial charge in [0.1, 0.15) is 0 Å². The minimum atomic E-state index is -5.23. The quantitative estimate of drug-likeness (QED) is 0.531. The van der Waals surface area contributed by atoms with Crippen LogP contribution < -0.4 is 4.74 Å². The molecule has 0 bridgehead atoms. The summed E-state index contributed by atoms with van der Waals surface area (Å²) in [7, 11) is -1.86. The Kier molecular flexibility index (Phi) is 6.52. The zero-order valence-electron chi connectivity index (χ0n) is 15.6. The summed E-state index contributed by atoms with van der Waals surface area (Å²) in [6, 6.07) is 3.50. The van der Waals surface area contributed by atoms with E-state index in [1.54, 1.807) is 0 Å². The number of para-hydroxylation sites is 1. The lowest BCUT2D eigenvalue weighted by molar-refractivity contribution is -0.264. The van der Waals surface area contributed by atoms with Crippen LogP contribution in [-0.4, -0.2) is 38.3 Å². The largest absolute Gasteiger partial charge is 0.493 e. The molecule has 0 aromatic heterocycles. The van der Waals surface area contributed by atoms with Crippen LogP contribution in [-0.2, 0) is 9.22 Å². The van der Waals surface area contributed by atoms with Crippen molar-refractivity contribution in [3.05, 3.63) is 29.6 Å². The number of carboxylic acids is 1. The van der Waals surface area contributed by atoms with Gasteiger partial charge in [-0.05, 0) is 31.6 Å². The molecule has 148 valence electrons. The first kappa shape index (κ1) is 22.4. The van der Waals surface area contributed by atoms with Crippen molar-refractivity contribution in [3.63, 3.8) is 0 Å². The third-order valence-corrected chi connectivity index (χ3v) is 4.78. The van der Waals surface area contributed by atoms with E-state index in [2.05, 4.69) is 0 Å². The maximum Gasteiger partial charge on any atom is 0.428 e. The monoisotopic (exact) mass is 396 g/mol. The zero-order valence-corrected chi connectivity index (χ0v) is 16.6. The second kappa shape index (κ2) is 7.56. The molecule has 1 N–H and O–H groups in total. The van der Waals surface area contributed by atoms with E-state index < -0.39 is 49.5 Å². The minimum Gasteiger partial charge on any atom is -0.493 e. The number of alkyl halides is 3. The van der Waals surface area contributed by atoms with Crippen LogP contribution >= 0.6 is 0 Å². The normalized spacial score (nSPS) is 16.3. The Labute approximate surface area is 151 Å². The number of carbonyl (C=O) groups is 1. The van der Waals surface area contributed by atoms with Crippen molar-refractivity contribution >= 4 is 14.3 Å². The lowest BCUT2D eigenvalue weighted by Crippen LogP contribution is -2.63. The van der Waals surface area contributed by atoms with Gasteiger partial charge in [0.25, 0.3) is 5.60 Å². The molecule has 0 aliphatic rings. The van der Waals surface area contributed by atoms with Crippen molar-refractivity contribution in [1.82, 2.24) is 0 Å². The summed E-state index contributed by atoms with van der Waals surface area (Å²) in [5.74, 6) is -5.99. The van der Waals surface area contributed by atoms with E-state index in [0.29, 0.717) is 0 Å². The Balaban J connectivity index is 3.89. The fraction of sp³-hybridized carbons (Fsp3) is 0.588. The van der Waals surface area contributed by atoms with Crippen LogP contribution in [0, 0.1) is 11.7 Å². The minimum absolute atomic E-state index is 0.194. The molecule has 0 saturated carbocycles. The predicted molar refractivity (Wildman–Crippen MR) is 91.4 cm³/mol. The van der Waals surface area contributed by atoms with Crippen LogP contribution in [0.5, 0.6) is 5.75 Å². The van der Waals surface area contributed by atoms with Crippen LogP contribution in [0.2, 0.25) is 19.6 Å². The maximum absolute atomic E-state index is 14.2. The molecule has 0 aliphatic heterocycles. The summed E-state index contributed by atoms with van der Waals surface area (Å²) in [6.07, 6.45) is -5.23. The Morgan fingerprint density at radius 2 is 1.73 bits per heavy atom. The van der Waals surface area contributed by atoms with E-state index in [-0.39, 0.29) is 5.56 Å². The second-order valence-corrected chi connectivity index (χ2v) is 11.8. The molecule has 26 heavy (non-hydrogen) atoms. The number of halogens is 4. The van der Waals surface area contributed by atoms with Gasteiger partial charge in [-0.3, -0.25) is 0 Å². The third kappa shape index (κ3) is 4.20. The summed E-state index contributed by atoms with van der Waals surface area (Å²) in [5.41, 5.74) is -3.72. The van der Waals surface area contributed by atoms with Crippen molar-refractivity contribution in [3.8, 4) is 5.75 Å². The molecule has 0 radical (unpaired) electrons. The topological polar surface area (TPSA) is 55.8 Å². The number of benzene rings is 1. The van der Waals surface area contributed by atoms with Gasteiger partial charge >= 0.3 is 12.1 Å². The molecule has 0 heterocycles. The fourth-order valence-electron chi connectivity index (χ4n) is 3.11. The van der Waals surface area contributed by atoms with Crippen molar-refractivity contribution in [2.45, 2.75) is 51.2 Å². The van der Waals surface area contributed by atoms with Crippen LogP contribution in [0.3, 0.4) is 0 Å². The first-order valence-corrected chi connectivity index (χ1v) is 11.4. The standard InChI is InChI=1S/C17H24F4O4Si/c1-10(2)13(11-8-7-9-12(18)14(11)24-3)16(15(22)23,17(19,20)21)25-26(4,5)6/h7-10,13H,1-6H3,(H,22,23). The van der Waals surface area contributed by atoms with Crippen LogP contribution in [0.4, 0.5) is 17.6 Å². The predicted octanol–water partition coefficient (Wildman–Crippen LogP) is 4.81. The smallest absolute Gasteiger partial charge is 0.428 e. The van der Waals surface area contributed by atoms with Gasteiger partial charge in [0.15, 0.2) is 19.9 Å². The number of hydrogen-bond acceptors (Lipinski definition) is 3. The van der Waals surface area contributed by atoms with Crippen LogP contribution in [0.1, 0.15) is 25.3 Å². The van der Waals surface area contributed by atoms with Gasteiger partial charge in [-0.1, -0.05) is 26.0 Å². The number of aliphatic carboxylic acids is 1. The molecule has 9 heteroatoms. The maximum atomic E-state index is 14.2. The van der Waals surface area contributed by atoms with E-state index in [1.807, 2.05) is 0 Å². The van der Waals surface area contributed by atoms with Gasteiger partial charge in [-0.25, -0.2) is 9.18 Å². The average Bonchev–Trinajstić information content (AvgIpc) is 2.43. The highest BCUT2D eigenvalue weighted by Gasteiger charge is 2.69. The SMILES string of the molecule is COc1c(F)cccc1C(C(C)C)C(O[Si](C)(C)C)(C(=O)O)C(F)(F)F. The summed E-state index contributed by atoms with van der Waals surface area (Å²) in [5, 5.41) is 9.68. The molecule has 0 amide bonds. The fourth-order valence-corrected chi connectivity index (χ4v) is 4.41. The lowest BCUT2D eigenvalue weighted by atomic mass is 9.74. The van der Waals surface area contributed by atoms with E-state index >= 15 is 0 Å². The second-order valence-electron chi connectivity index (χ2n) is 7.34. The number of carboxylic acid groups (broad SMARTS) is 1. The Bertz CT molecular complexity index is 655. The first-order valence-electron chi connectivity index (χ1n) is 8.01. The van der Waals surface area contributed by atoms with E-state index in [9.17, 15) is 27.5 Å². The van der Waals surface area contributed by atoms with E-state index in [0.717, 1.165) is 13.2 Å². The molecule has 0 saturated heterocycles. The highest BCUT2D eigenvalue weighted by Crippen LogP contribution is 2.51. The molecule has 4 nitrogen and oxygen atoms in total. The molecule has 0 aliphatic carbocycles. The Morgan fingerprint density at radius 1 is 1.19 bits per heavy atom. The van der Waals surface area contributed by atoms with Gasteiger partial charge in [-0.15, -0.1) is 0 Å². The van der Waals surface area contributed by atoms with Gasteiger partial charge in [0, 0.05) is 11.5 Å². The molecule has 2 atom stereocenters. The summed E-state index contributed by atoms with van der Waals surface area (Å²) >= 11 is 0. The zero-order chi connectivity index (χ0) is 20.5. The van der Waals surface area contributed by atoms with Crippen LogP contribution in [0.15, 0.2) is 18.2 Å². The highest BCUT2D eigenvalue weighted by molar-refractivity contribution is 6.70. The van der Waals surface area contributed by atoms with Crippen molar-refractivity contribution in [2.24, 2.45) is 5.92 Å². The van der Waals surface area contributed by atoms with Gasteiger partial charge in [-0.2, -0.15) is 13.2 Å². The molecule has 2 unspecified atom stereocenters.